The zero-order valence-electron chi connectivity index (χ0n) is 15.6. The Kier molecular flexibility index (Phi) is 6.99. The number of halogens is 1. The second kappa shape index (κ2) is 9.02. The minimum Gasteiger partial charge on any atom is -0.346 e. The third-order valence-electron chi connectivity index (χ3n) is 4.82. The van der Waals surface area contributed by atoms with Crippen molar-refractivity contribution in [1.82, 2.24) is 5.32 Å². The van der Waals surface area contributed by atoms with Crippen molar-refractivity contribution in [3.8, 4) is 11.1 Å². The van der Waals surface area contributed by atoms with Crippen molar-refractivity contribution in [1.29, 1.82) is 0 Å². The highest BCUT2D eigenvalue weighted by Gasteiger charge is 2.26. The van der Waals surface area contributed by atoms with Gasteiger partial charge in [0.2, 0.25) is 11.8 Å². The maximum Gasteiger partial charge on any atom is 0.246 e. The number of hydrogen-bond acceptors (Lipinski definition) is 3. The van der Waals surface area contributed by atoms with E-state index in [0.29, 0.717) is 6.54 Å². The zero-order chi connectivity index (χ0) is 18.7. The summed E-state index contributed by atoms with van der Waals surface area (Å²) in [6.07, 6.45) is 0.821. The van der Waals surface area contributed by atoms with Crippen LogP contribution in [0.5, 0.6) is 0 Å². The number of hydrogen-bond donors (Lipinski definition) is 2. The standard InChI is InChI=1S/C21H25N3O2.ClH/c1-14(2)20(22)21(26)23-13-19(25)24-11-10-17-12-16(8-9-18(17)24)15-6-4-3-5-7-15;/h3-9,12,14,20H,10-11,13,22H2,1-2H3,(H,23,26);1H/t20-;/m0./s1. The Hall–Kier alpha value is -2.37. The first-order valence-electron chi connectivity index (χ1n) is 8.99. The largest absolute Gasteiger partial charge is 0.346 e. The molecule has 0 saturated heterocycles. The molecule has 6 heteroatoms. The van der Waals surface area contributed by atoms with Crippen molar-refractivity contribution < 1.29 is 9.59 Å². The summed E-state index contributed by atoms with van der Waals surface area (Å²) in [6.45, 7) is 4.37. The molecule has 0 fully saturated rings. The first-order valence-corrected chi connectivity index (χ1v) is 8.99. The van der Waals surface area contributed by atoms with E-state index in [1.807, 2.05) is 44.2 Å². The topological polar surface area (TPSA) is 75.4 Å². The summed E-state index contributed by atoms with van der Waals surface area (Å²) in [4.78, 5) is 26.2. The Morgan fingerprint density at radius 3 is 2.48 bits per heavy atom. The van der Waals surface area contributed by atoms with Crippen LogP contribution in [0.15, 0.2) is 48.5 Å². The number of nitrogens with one attached hydrogen (secondary N) is 1. The highest BCUT2D eigenvalue weighted by molar-refractivity contribution is 5.99. The van der Waals surface area contributed by atoms with Crippen LogP contribution in [0.4, 0.5) is 5.69 Å². The Balaban J connectivity index is 0.00000261. The second-order valence-corrected chi connectivity index (χ2v) is 6.99. The van der Waals surface area contributed by atoms with Crippen LogP contribution in [0.1, 0.15) is 19.4 Å². The minimum absolute atomic E-state index is 0. The molecule has 2 amide bonds. The van der Waals surface area contributed by atoms with E-state index in [9.17, 15) is 9.59 Å². The molecule has 5 nitrogen and oxygen atoms in total. The smallest absolute Gasteiger partial charge is 0.246 e. The quantitative estimate of drug-likeness (QED) is 0.828. The van der Waals surface area contributed by atoms with Gasteiger partial charge in [0.05, 0.1) is 12.6 Å². The van der Waals surface area contributed by atoms with Crippen LogP contribution in [0.25, 0.3) is 11.1 Å². The van der Waals surface area contributed by atoms with Gasteiger partial charge in [0.1, 0.15) is 0 Å². The van der Waals surface area contributed by atoms with E-state index in [-0.39, 0.29) is 36.7 Å². The molecular formula is C21H26ClN3O2. The fourth-order valence-electron chi connectivity index (χ4n) is 3.15. The van der Waals surface area contributed by atoms with Gasteiger partial charge in [-0.25, -0.2) is 0 Å². The highest BCUT2D eigenvalue weighted by Crippen LogP contribution is 2.32. The Morgan fingerprint density at radius 2 is 1.81 bits per heavy atom. The minimum atomic E-state index is -0.595. The van der Waals surface area contributed by atoms with Crippen molar-refractivity contribution in [2.75, 3.05) is 18.0 Å². The van der Waals surface area contributed by atoms with Gasteiger partial charge in [-0.05, 0) is 41.2 Å². The van der Waals surface area contributed by atoms with Crippen LogP contribution in [0.3, 0.4) is 0 Å². The number of anilines is 1. The van der Waals surface area contributed by atoms with Gasteiger partial charge in [-0.1, -0.05) is 50.2 Å². The summed E-state index contributed by atoms with van der Waals surface area (Å²) < 4.78 is 0. The van der Waals surface area contributed by atoms with Gasteiger partial charge in [0, 0.05) is 12.2 Å². The molecule has 0 bridgehead atoms. The Labute approximate surface area is 166 Å². The molecule has 1 heterocycles. The van der Waals surface area contributed by atoms with Crippen LogP contribution in [0.2, 0.25) is 0 Å². The normalized spacial score (nSPS) is 13.7. The van der Waals surface area contributed by atoms with E-state index in [2.05, 4.69) is 23.5 Å². The molecular weight excluding hydrogens is 362 g/mol. The maximum absolute atomic E-state index is 12.5. The first kappa shape index (κ1) is 20.9. The lowest BCUT2D eigenvalue weighted by molar-refractivity contribution is -0.126. The predicted octanol–water partition coefficient (Wildman–Crippen LogP) is 2.76. The highest BCUT2D eigenvalue weighted by atomic mass is 35.5. The summed E-state index contributed by atoms with van der Waals surface area (Å²) in [5, 5.41) is 2.65. The van der Waals surface area contributed by atoms with Crippen LogP contribution >= 0.6 is 12.4 Å². The third kappa shape index (κ3) is 4.67. The molecule has 0 aliphatic carbocycles. The molecule has 0 unspecified atom stereocenters. The number of carbonyl (C=O) groups excluding carboxylic acids is 2. The van der Waals surface area contributed by atoms with Crippen molar-refractivity contribution in [3.63, 3.8) is 0 Å². The molecule has 2 aromatic rings. The molecule has 0 saturated carbocycles. The van der Waals surface area contributed by atoms with E-state index < -0.39 is 6.04 Å². The van der Waals surface area contributed by atoms with Gasteiger partial charge in [0.25, 0.3) is 0 Å². The van der Waals surface area contributed by atoms with Crippen LogP contribution in [-0.4, -0.2) is 30.9 Å². The monoisotopic (exact) mass is 387 g/mol. The molecule has 27 heavy (non-hydrogen) atoms. The summed E-state index contributed by atoms with van der Waals surface area (Å²) in [6, 6.07) is 15.8. The number of nitrogens with two attached hydrogens (primary N) is 1. The summed E-state index contributed by atoms with van der Waals surface area (Å²) >= 11 is 0. The number of carbonyl (C=O) groups is 2. The summed E-state index contributed by atoms with van der Waals surface area (Å²) in [7, 11) is 0. The second-order valence-electron chi connectivity index (χ2n) is 6.99. The first-order chi connectivity index (χ1) is 12.5. The summed E-state index contributed by atoms with van der Waals surface area (Å²) in [5.41, 5.74) is 10.2. The van der Waals surface area contributed by atoms with E-state index in [0.717, 1.165) is 28.8 Å². The number of benzene rings is 2. The van der Waals surface area contributed by atoms with E-state index in [1.165, 1.54) is 0 Å². The van der Waals surface area contributed by atoms with E-state index in [4.69, 9.17) is 5.73 Å². The zero-order valence-corrected chi connectivity index (χ0v) is 16.5. The fourth-order valence-corrected chi connectivity index (χ4v) is 3.15. The molecule has 0 spiro atoms. The van der Waals surface area contributed by atoms with Gasteiger partial charge in [-0.2, -0.15) is 0 Å². The molecule has 3 N–H and O–H groups in total. The SMILES string of the molecule is CC(C)[C@H](N)C(=O)NCC(=O)N1CCc2cc(-c3ccccc3)ccc21.Cl. The Bertz CT molecular complexity index is 808. The van der Waals surface area contributed by atoms with Crippen LogP contribution in [0, 0.1) is 5.92 Å². The molecule has 0 aromatic heterocycles. The number of rotatable bonds is 5. The van der Waals surface area contributed by atoms with E-state index >= 15 is 0 Å². The predicted molar refractivity (Wildman–Crippen MR) is 111 cm³/mol. The molecule has 1 aliphatic rings. The average molecular weight is 388 g/mol. The molecule has 1 aliphatic heterocycles. The molecule has 2 aromatic carbocycles. The van der Waals surface area contributed by atoms with Crippen molar-refractivity contribution in [2.45, 2.75) is 26.3 Å². The van der Waals surface area contributed by atoms with Gasteiger partial charge in [-0.3, -0.25) is 9.59 Å². The lowest BCUT2D eigenvalue weighted by Gasteiger charge is -2.20. The van der Waals surface area contributed by atoms with Crippen molar-refractivity contribution >= 4 is 29.9 Å². The lowest BCUT2D eigenvalue weighted by atomic mass is 10.0. The average Bonchev–Trinajstić information content (AvgIpc) is 3.09. The van der Waals surface area contributed by atoms with Gasteiger partial charge < -0.3 is 16.0 Å². The number of nitrogens with zero attached hydrogens (tertiary/aromatic N) is 1. The third-order valence-corrected chi connectivity index (χ3v) is 4.82. The van der Waals surface area contributed by atoms with Gasteiger partial charge in [-0.15, -0.1) is 12.4 Å². The van der Waals surface area contributed by atoms with Crippen molar-refractivity contribution in [3.05, 3.63) is 54.1 Å². The molecule has 1 atom stereocenters. The summed E-state index contributed by atoms with van der Waals surface area (Å²) in [5.74, 6) is -0.360. The molecule has 0 radical (unpaired) electrons. The molecule has 144 valence electrons. The van der Waals surface area contributed by atoms with Crippen molar-refractivity contribution in [2.24, 2.45) is 11.7 Å². The van der Waals surface area contributed by atoms with E-state index in [1.54, 1.807) is 4.90 Å². The Morgan fingerprint density at radius 1 is 1.11 bits per heavy atom. The number of amides is 2. The maximum atomic E-state index is 12.5. The van der Waals surface area contributed by atoms with Crippen LogP contribution < -0.4 is 16.0 Å². The van der Waals surface area contributed by atoms with Gasteiger partial charge >= 0.3 is 0 Å². The number of fused-ring (bicyclic) bond motifs is 1. The molecule has 3 rings (SSSR count). The van der Waals surface area contributed by atoms with Gasteiger partial charge in [0.15, 0.2) is 0 Å². The fraction of sp³-hybridized carbons (Fsp3) is 0.333. The van der Waals surface area contributed by atoms with Crippen LogP contribution in [-0.2, 0) is 16.0 Å². The lowest BCUT2D eigenvalue weighted by Crippen LogP contribution is -2.47.